The Labute approximate surface area is 202 Å². The summed E-state index contributed by atoms with van der Waals surface area (Å²) in [7, 11) is -1.09. The first kappa shape index (κ1) is 23.7. The molecule has 7 nitrogen and oxygen atoms in total. The number of nitrogens with zero attached hydrogens (tertiary/aromatic N) is 1. The van der Waals surface area contributed by atoms with Gasteiger partial charge in [0.05, 0.1) is 29.6 Å². The Bertz CT molecular complexity index is 1340. The number of hydrogen-bond donors (Lipinski definition) is 2. The number of nitrogens with one attached hydrogen (secondary N) is 2. The normalized spacial score (nSPS) is 14.5. The Morgan fingerprint density at radius 2 is 1.88 bits per heavy atom. The number of carbonyl (C=O) groups excluding carboxylic acids is 1. The molecule has 33 heavy (non-hydrogen) atoms. The predicted octanol–water partition coefficient (Wildman–Crippen LogP) is 5.40. The highest BCUT2D eigenvalue weighted by molar-refractivity contribution is 9.10. The number of anilines is 2. The van der Waals surface area contributed by atoms with Crippen molar-refractivity contribution < 1.29 is 17.9 Å². The van der Waals surface area contributed by atoms with Crippen LogP contribution in [0.15, 0.2) is 45.8 Å². The molecular weight excluding hydrogens is 506 g/mol. The van der Waals surface area contributed by atoms with Gasteiger partial charge < -0.3 is 10.1 Å². The minimum Gasteiger partial charge on any atom is -0.465 e. The molecule has 0 aliphatic heterocycles. The van der Waals surface area contributed by atoms with E-state index >= 15 is 0 Å². The van der Waals surface area contributed by atoms with Gasteiger partial charge in [0.25, 0.3) is 0 Å². The fraction of sp³-hybridized carbons (Fsp3) is 0.333. The van der Waals surface area contributed by atoms with E-state index in [1.165, 1.54) is 14.2 Å². The molecule has 4 rings (SSSR count). The van der Waals surface area contributed by atoms with Crippen LogP contribution in [0.2, 0.25) is 0 Å². The highest BCUT2D eigenvalue weighted by Crippen LogP contribution is 2.39. The average Bonchev–Trinajstić information content (AvgIpc) is 3.33. The lowest BCUT2D eigenvalue weighted by Crippen LogP contribution is -2.21. The van der Waals surface area contributed by atoms with Crippen LogP contribution in [0, 0.1) is 6.92 Å². The highest BCUT2D eigenvalue weighted by atomic mass is 79.9. The van der Waals surface area contributed by atoms with Crippen molar-refractivity contribution >= 4 is 54.2 Å². The Balaban J connectivity index is 1.93. The van der Waals surface area contributed by atoms with Gasteiger partial charge in [-0.3, -0.25) is 4.98 Å². The third-order valence-corrected chi connectivity index (χ3v) is 8.15. The van der Waals surface area contributed by atoms with Crippen molar-refractivity contribution in [3.63, 3.8) is 0 Å². The van der Waals surface area contributed by atoms with Gasteiger partial charge in [0, 0.05) is 15.5 Å². The van der Waals surface area contributed by atoms with Gasteiger partial charge >= 0.3 is 5.97 Å². The maximum atomic E-state index is 13.0. The molecule has 0 amide bonds. The lowest BCUT2D eigenvalue weighted by molar-refractivity contribution is 0.0600. The van der Waals surface area contributed by atoms with Gasteiger partial charge in [0.2, 0.25) is 10.0 Å². The molecule has 1 fully saturated rings. The topological polar surface area (TPSA) is 97.4 Å². The third-order valence-electron chi connectivity index (χ3n) is 6.08. The van der Waals surface area contributed by atoms with Gasteiger partial charge in [-0.25, -0.2) is 17.9 Å². The van der Waals surface area contributed by atoms with Gasteiger partial charge in [-0.15, -0.1) is 0 Å². The number of fused-ring (bicyclic) bond motifs is 1. The van der Waals surface area contributed by atoms with Gasteiger partial charge in [-0.2, -0.15) is 0 Å². The van der Waals surface area contributed by atoms with Crippen LogP contribution in [-0.4, -0.2) is 33.5 Å². The number of ether oxygens (including phenoxy) is 1. The first-order valence-corrected chi connectivity index (χ1v) is 13.0. The maximum Gasteiger partial charge on any atom is 0.337 e. The molecule has 0 saturated heterocycles. The van der Waals surface area contributed by atoms with E-state index in [2.05, 4.69) is 31.0 Å². The predicted molar refractivity (Wildman–Crippen MR) is 133 cm³/mol. The van der Waals surface area contributed by atoms with Crippen LogP contribution in [0.3, 0.4) is 0 Å². The van der Waals surface area contributed by atoms with E-state index in [1.807, 2.05) is 30.3 Å². The first-order valence-electron chi connectivity index (χ1n) is 10.8. The molecule has 1 saturated carbocycles. The van der Waals surface area contributed by atoms with Crippen molar-refractivity contribution in [2.45, 2.75) is 43.4 Å². The molecule has 1 aromatic heterocycles. The zero-order valence-electron chi connectivity index (χ0n) is 18.7. The summed E-state index contributed by atoms with van der Waals surface area (Å²) in [6.07, 6.45) is 4.44. The Hall–Kier alpha value is -2.49. The standard InChI is InChI=1S/C24H26BrN3O4S/c1-14-23(33(30,31)26-2)22(20-9-8-18(25)13-21(20)27-14)28-19-11-16(15-6-4-5-7-15)10-17(12-19)24(29)32-3/h8-13,15,26H,4-7H2,1-3H3,(H,27,28). The molecule has 0 bridgehead atoms. The molecule has 1 aliphatic carbocycles. The maximum absolute atomic E-state index is 13.0. The highest BCUT2D eigenvalue weighted by Gasteiger charge is 2.25. The first-order chi connectivity index (χ1) is 15.7. The minimum atomic E-state index is -3.82. The zero-order chi connectivity index (χ0) is 23.8. The van der Waals surface area contributed by atoms with Crippen LogP contribution < -0.4 is 10.0 Å². The second-order valence-electron chi connectivity index (χ2n) is 8.21. The van der Waals surface area contributed by atoms with Gasteiger partial charge in [-0.05, 0) is 74.7 Å². The van der Waals surface area contributed by atoms with E-state index in [9.17, 15) is 13.2 Å². The van der Waals surface area contributed by atoms with E-state index in [-0.39, 0.29) is 4.90 Å². The quantitative estimate of drug-likeness (QED) is 0.413. The lowest BCUT2D eigenvalue weighted by atomic mass is 9.95. The van der Waals surface area contributed by atoms with Crippen molar-refractivity contribution in [3.05, 3.63) is 57.7 Å². The van der Waals surface area contributed by atoms with Gasteiger partial charge in [0.15, 0.2) is 0 Å². The number of carbonyl (C=O) groups is 1. The lowest BCUT2D eigenvalue weighted by Gasteiger charge is -2.19. The number of benzene rings is 2. The van der Waals surface area contributed by atoms with Crippen LogP contribution in [-0.2, 0) is 14.8 Å². The molecule has 1 heterocycles. The third kappa shape index (κ3) is 4.76. The summed E-state index contributed by atoms with van der Waals surface area (Å²) in [6.45, 7) is 1.67. The summed E-state index contributed by atoms with van der Waals surface area (Å²) in [5, 5.41) is 3.97. The van der Waals surface area contributed by atoms with Crippen molar-refractivity contribution in [2.24, 2.45) is 0 Å². The zero-order valence-corrected chi connectivity index (χ0v) is 21.1. The second-order valence-corrected chi connectivity index (χ2v) is 11.0. The Morgan fingerprint density at radius 1 is 1.15 bits per heavy atom. The molecule has 9 heteroatoms. The smallest absolute Gasteiger partial charge is 0.337 e. The van der Waals surface area contributed by atoms with Crippen LogP contribution in [0.5, 0.6) is 0 Å². The number of hydrogen-bond acceptors (Lipinski definition) is 6. The number of esters is 1. The Kier molecular flexibility index (Phi) is 6.74. The SMILES string of the molecule is CNS(=O)(=O)c1c(C)nc2cc(Br)ccc2c1Nc1cc(C(=O)OC)cc(C2CCCC2)c1. The summed E-state index contributed by atoms with van der Waals surface area (Å²) in [6, 6.07) is 11.1. The van der Waals surface area contributed by atoms with Gasteiger partial charge in [-0.1, -0.05) is 28.8 Å². The number of methoxy groups -OCH3 is 1. The number of pyridine rings is 1. The summed E-state index contributed by atoms with van der Waals surface area (Å²) in [5.74, 6) is -0.0665. The van der Waals surface area contributed by atoms with E-state index in [1.54, 1.807) is 13.0 Å². The van der Waals surface area contributed by atoms with Gasteiger partial charge in [0.1, 0.15) is 4.90 Å². The summed E-state index contributed by atoms with van der Waals surface area (Å²) >= 11 is 3.46. The van der Waals surface area contributed by atoms with Crippen LogP contribution >= 0.6 is 15.9 Å². The molecule has 2 aromatic carbocycles. The van der Waals surface area contributed by atoms with E-state index < -0.39 is 16.0 Å². The molecule has 0 atom stereocenters. The molecule has 0 unspecified atom stereocenters. The molecule has 3 aromatic rings. The number of sulfonamides is 1. The number of aromatic nitrogens is 1. The average molecular weight is 532 g/mol. The monoisotopic (exact) mass is 531 g/mol. The van der Waals surface area contributed by atoms with Crippen LogP contribution in [0.25, 0.3) is 10.9 Å². The van der Waals surface area contributed by atoms with E-state index in [0.717, 1.165) is 35.7 Å². The number of rotatable bonds is 6. The van der Waals surface area contributed by atoms with Crippen LogP contribution in [0.1, 0.15) is 53.2 Å². The summed E-state index contributed by atoms with van der Waals surface area (Å²) < 4.78 is 34.1. The molecule has 0 radical (unpaired) electrons. The van der Waals surface area contributed by atoms with E-state index in [0.29, 0.717) is 39.5 Å². The van der Waals surface area contributed by atoms with E-state index in [4.69, 9.17) is 4.74 Å². The van der Waals surface area contributed by atoms with Crippen LogP contribution in [0.4, 0.5) is 11.4 Å². The second kappa shape index (κ2) is 9.40. The summed E-state index contributed by atoms with van der Waals surface area (Å²) in [4.78, 5) is 17.0. The fourth-order valence-corrected chi connectivity index (χ4v) is 5.91. The van der Waals surface area contributed by atoms with Crippen molar-refractivity contribution in [1.82, 2.24) is 9.71 Å². The molecular formula is C24H26BrN3O4S. The van der Waals surface area contributed by atoms with Crippen molar-refractivity contribution in [1.29, 1.82) is 0 Å². The molecule has 0 spiro atoms. The summed E-state index contributed by atoms with van der Waals surface area (Å²) in [5.41, 5.74) is 3.55. The molecule has 1 aliphatic rings. The fourth-order valence-electron chi connectivity index (χ4n) is 4.50. The minimum absolute atomic E-state index is 0.0747. The Morgan fingerprint density at radius 3 is 2.55 bits per heavy atom. The molecule has 2 N–H and O–H groups in total. The van der Waals surface area contributed by atoms with Crippen molar-refractivity contribution in [2.75, 3.05) is 19.5 Å². The van der Waals surface area contributed by atoms with Crippen molar-refractivity contribution in [3.8, 4) is 0 Å². The largest absolute Gasteiger partial charge is 0.465 e. The number of aryl methyl sites for hydroxylation is 1. The number of halogens is 1. The molecule has 174 valence electrons.